The Balaban J connectivity index is 1.61. The van der Waals surface area contributed by atoms with E-state index in [0.717, 1.165) is 42.6 Å². The number of aliphatic hydroxyl groups excluding tert-OH is 1. The fourth-order valence-corrected chi connectivity index (χ4v) is 3.67. The van der Waals surface area contributed by atoms with Gasteiger partial charge in [-0.2, -0.15) is 0 Å². The zero-order valence-corrected chi connectivity index (χ0v) is 16.9. The van der Waals surface area contributed by atoms with E-state index in [4.69, 9.17) is 14.2 Å². The van der Waals surface area contributed by atoms with Crippen LogP contribution in [0.25, 0.3) is 10.9 Å². The molecule has 7 heteroatoms. The number of aliphatic hydroxyl groups is 1. The molecule has 0 aliphatic carbocycles. The molecule has 2 heterocycles. The van der Waals surface area contributed by atoms with E-state index in [9.17, 15) is 9.90 Å². The molecule has 1 saturated heterocycles. The van der Waals surface area contributed by atoms with Crippen LogP contribution in [0.5, 0.6) is 5.75 Å². The summed E-state index contributed by atoms with van der Waals surface area (Å²) >= 11 is 0. The molecule has 2 aromatic rings. The minimum Gasteiger partial charge on any atom is -0.491 e. The first-order valence-electron chi connectivity index (χ1n) is 10.0. The highest BCUT2D eigenvalue weighted by atomic mass is 16.5. The summed E-state index contributed by atoms with van der Waals surface area (Å²) < 4.78 is 18.5. The van der Waals surface area contributed by atoms with Crippen LogP contribution in [0.3, 0.4) is 0 Å². The number of aromatic nitrogens is 1. The first-order chi connectivity index (χ1) is 13.5. The fourth-order valence-electron chi connectivity index (χ4n) is 3.67. The molecule has 0 spiro atoms. The van der Waals surface area contributed by atoms with Crippen LogP contribution in [0.1, 0.15) is 35.8 Å². The van der Waals surface area contributed by atoms with Gasteiger partial charge < -0.3 is 29.2 Å². The number of carbonyl (C=O) groups excluding carboxylic acids is 1. The van der Waals surface area contributed by atoms with Gasteiger partial charge in [0.05, 0.1) is 12.2 Å². The molecule has 3 N–H and O–H groups in total. The molecule has 7 nitrogen and oxygen atoms in total. The van der Waals surface area contributed by atoms with Crippen LogP contribution in [0.2, 0.25) is 0 Å². The van der Waals surface area contributed by atoms with E-state index in [0.29, 0.717) is 30.6 Å². The van der Waals surface area contributed by atoms with Crippen molar-refractivity contribution in [2.75, 3.05) is 32.9 Å². The Morgan fingerprint density at radius 1 is 1.46 bits per heavy atom. The number of aryl methyl sites for hydroxylation is 1. The second-order valence-electron chi connectivity index (χ2n) is 7.28. The van der Waals surface area contributed by atoms with Gasteiger partial charge in [-0.1, -0.05) is 0 Å². The molecule has 28 heavy (non-hydrogen) atoms. The second-order valence-corrected chi connectivity index (χ2v) is 7.28. The van der Waals surface area contributed by atoms with Crippen LogP contribution >= 0.6 is 0 Å². The van der Waals surface area contributed by atoms with E-state index in [1.807, 2.05) is 36.7 Å². The van der Waals surface area contributed by atoms with Crippen molar-refractivity contribution in [3.8, 4) is 5.75 Å². The number of ether oxygens (including phenoxy) is 3. The Bertz CT molecular complexity index is 811. The minimum absolute atomic E-state index is 0.202. The number of hydrogen-bond donors (Lipinski definition) is 2. The molecule has 1 aromatic heterocycles. The number of hydrogen-bond acceptors (Lipinski definition) is 5. The molecule has 1 fully saturated rings. The van der Waals surface area contributed by atoms with Gasteiger partial charge in [-0.15, -0.1) is 0 Å². The predicted octanol–water partition coefficient (Wildman–Crippen LogP) is 1.15. The summed E-state index contributed by atoms with van der Waals surface area (Å²) in [5.74, 6) is 0.299. The summed E-state index contributed by atoms with van der Waals surface area (Å²) in [5.41, 5.74) is 2.36. The summed E-state index contributed by atoms with van der Waals surface area (Å²) in [6.45, 7) is 6.52. The van der Waals surface area contributed by atoms with Crippen molar-refractivity contribution in [3.63, 3.8) is 0 Å². The summed E-state index contributed by atoms with van der Waals surface area (Å²) in [6.07, 6.45) is 1.96. The van der Waals surface area contributed by atoms with Crippen LogP contribution < -0.4 is 10.1 Å². The highest BCUT2D eigenvalue weighted by molar-refractivity contribution is 6.06. The van der Waals surface area contributed by atoms with Crippen molar-refractivity contribution < 1.29 is 29.4 Å². The first kappa shape index (κ1) is 20.6. The topological polar surface area (TPSA) is 86.5 Å². The maximum atomic E-state index is 12.4. The maximum Gasteiger partial charge on any atom is 0.340 e. The van der Waals surface area contributed by atoms with Crippen molar-refractivity contribution in [1.29, 1.82) is 0 Å². The molecule has 3 rings (SSSR count). The van der Waals surface area contributed by atoms with Crippen LogP contribution in [-0.2, 0) is 16.5 Å². The Morgan fingerprint density at radius 3 is 3.00 bits per heavy atom. The molecular formula is C21H31N2O5+. The number of esters is 1. The quantitative estimate of drug-likeness (QED) is 0.626. The van der Waals surface area contributed by atoms with Gasteiger partial charge in [-0.3, -0.25) is 0 Å². The third-order valence-corrected chi connectivity index (χ3v) is 5.28. The molecule has 1 aliphatic rings. The van der Waals surface area contributed by atoms with Crippen LogP contribution in [0.4, 0.5) is 0 Å². The SMILES string of the molecule is CCOC(=O)c1c(C)n(C)c2ccc(OC[C@@H](O)C[NH2+]C[C@H]3CCCO3)cc12. The molecule has 0 saturated carbocycles. The summed E-state index contributed by atoms with van der Waals surface area (Å²) in [4.78, 5) is 12.4. The standard InChI is InChI=1S/C21H30N2O5/c1-4-26-21(25)20-14(2)23(3)19-8-7-16(10-18(19)20)28-13-15(24)11-22-12-17-6-5-9-27-17/h7-8,10,15,17,22,24H,4-6,9,11-13H2,1-3H3/p+1/t15-,17+/m0/s1. The molecular weight excluding hydrogens is 360 g/mol. The number of carbonyl (C=O) groups is 1. The van der Waals surface area contributed by atoms with Gasteiger partial charge >= 0.3 is 5.97 Å². The monoisotopic (exact) mass is 391 g/mol. The molecule has 154 valence electrons. The zero-order chi connectivity index (χ0) is 20.1. The Morgan fingerprint density at radius 2 is 2.29 bits per heavy atom. The second kappa shape index (κ2) is 9.41. The van der Waals surface area contributed by atoms with Crippen molar-refractivity contribution in [1.82, 2.24) is 4.57 Å². The van der Waals surface area contributed by atoms with Crippen LogP contribution in [-0.4, -0.2) is 60.8 Å². The van der Waals surface area contributed by atoms with E-state index in [1.54, 1.807) is 6.92 Å². The van der Waals surface area contributed by atoms with Gasteiger partial charge in [0.1, 0.15) is 37.7 Å². The highest BCUT2D eigenvalue weighted by Gasteiger charge is 2.21. The van der Waals surface area contributed by atoms with Gasteiger partial charge in [0.15, 0.2) is 0 Å². The number of fused-ring (bicyclic) bond motifs is 1. The molecule has 2 atom stereocenters. The predicted molar refractivity (Wildman–Crippen MR) is 106 cm³/mol. The lowest BCUT2D eigenvalue weighted by molar-refractivity contribution is -0.666. The third kappa shape index (κ3) is 4.66. The van der Waals surface area contributed by atoms with Gasteiger partial charge in [0.25, 0.3) is 0 Å². The molecule has 0 bridgehead atoms. The third-order valence-electron chi connectivity index (χ3n) is 5.28. The zero-order valence-electron chi connectivity index (χ0n) is 16.9. The smallest absolute Gasteiger partial charge is 0.340 e. The van der Waals surface area contributed by atoms with Crippen LogP contribution in [0, 0.1) is 6.92 Å². The van der Waals surface area contributed by atoms with Crippen molar-refractivity contribution in [2.24, 2.45) is 7.05 Å². The molecule has 1 aliphatic heterocycles. The highest BCUT2D eigenvalue weighted by Crippen LogP contribution is 2.29. The lowest BCUT2D eigenvalue weighted by atomic mass is 10.1. The van der Waals surface area contributed by atoms with Gasteiger partial charge in [0, 0.05) is 30.3 Å². The lowest BCUT2D eigenvalue weighted by Crippen LogP contribution is -2.88. The average molecular weight is 391 g/mol. The first-order valence-corrected chi connectivity index (χ1v) is 10.0. The number of benzene rings is 1. The summed E-state index contributed by atoms with van der Waals surface area (Å²) in [5, 5.41) is 13.1. The molecule has 1 aromatic carbocycles. The van der Waals surface area contributed by atoms with Crippen molar-refractivity contribution in [2.45, 2.75) is 38.9 Å². The molecule has 0 radical (unpaired) electrons. The van der Waals surface area contributed by atoms with E-state index < -0.39 is 6.10 Å². The van der Waals surface area contributed by atoms with E-state index in [2.05, 4.69) is 5.32 Å². The summed E-state index contributed by atoms with van der Waals surface area (Å²) in [6, 6.07) is 5.63. The van der Waals surface area contributed by atoms with Crippen molar-refractivity contribution in [3.05, 3.63) is 29.5 Å². The van der Waals surface area contributed by atoms with E-state index >= 15 is 0 Å². The average Bonchev–Trinajstić information content (AvgIpc) is 3.27. The Kier molecular flexibility index (Phi) is 6.93. The van der Waals surface area contributed by atoms with Crippen molar-refractivity contribution >= 4 is 16.9 Å². The molecule has 0 amide bonds. The number of nitrogens with zero attached hydrogens (tertiary/aromatic N) is 1. The molecule has 0 unspecified atom stereocenters. The Hall–Kier alpha value is -2.09. The Labute approximate surface area is 165 Å². The normalized spacial score (nSPS) is 17.8. The number of rotatable bonds is 9. The lowest BCUT2D eigenvalue weighted by Gasteiger charge is -2.13. The maximum absolute atomic E-state index is 12.4. The largest absolute Gasteiger partial charge is 0.491 e. The number of nitrogens with two attached hydrogens (primary N) is 1. The summed E-state index contributed by atoms with van der Waals surface area (Å²) in [7, 11) is 1.93. The van der Waals surface area contributed by atoms with Gasteiger partial charge in [-0.25, -0.2) is 4.79 Å². The van der Waals surface area contributed by atoms with E-state index in [-0.39, 0.29) is 12.6 Å². The number of quaternary nitrogens is 1. The van der Waals surface area contributed by atoms with Gasteiger partial charge in [-0.05, 0) is 44.9 Å². The fraction of sp³-hybridized carbons (Fsp3) is 0.571. The van der Waals surface area contributed by atoms with E-state index in [1.165, 1.54) is 0 Å². The minimum atomic E-state index is -0.570. The van der Waals surface area contributed by atoms with Gasteiger partial charge in [0.2, 0.25) is 0 Å². The van der Waals surface area contributed by atoms with Crippen LogP contribution in [0.15, 0.2) is 18.2 Å².